The number of carbonyl (C=O) groups excluding carboxylic acids is 1. The number of aromatic nitrogens is 2. The van der Waals surface area contributed by atoms with E-state index in [0.29, 0.717) is 18.7 Å². The van der Waals surface area contributed by atoms with Crippen molar-refractivity contribution in [3.05, 3.63) is 17.7 Å². The summed E-state index contributed by atoms with van der Waals surface area (Å²) in [5.74, 6) is 2.32. The zero-order chi connectivity index (χ0) is 14.2. The highest BCUT2D eigenvalue weighted by atomic mass is 32.2. The van der Waals surface area contributed by atoms with Gasteiger partial charge in [0, 0.05) is 32.0 Å². The molecule has 1 aromatic heterocycles. The van der Waals surface area contributed by atoms with Crippen LogP contribution in [0.25, 0.3) is 0 Å². The summed E-state index contributed by atoms with van der Waals surface area (Å²) in [5.41, 5.74) is -0.245. The molecule has 1 fully saturated rings. The highest BCUT2D eigenvalue weighted by molar-refractivity contribution is 7.99. The summed E-state index contributed by atoms with van der Waals surface area (Å²) in [6, 6.07) is 0. The first-order chi connectivity index (χ1) is 9.58. The number of aliphatic hydroxyl groups is 1. The van der Waals surface area contributed by atoms with Gasteiger partial charge in [0.1, 0.15) is 5.82 Å². The molecule has 1 unspecified atom stereocenters. The third-order valence-corrected chi connectivity index (χ3v) is 5.28. The van der Waals surface area contributed by atoms with E-state index in [4.69, 9.17) is 0 Å². The van der Waals surface area contributed by atoms with E-state index in [1.807, 2.05) is 6.20 Å². The van der Waals surface area contributed by atoms with Crippen LogP contribution < -0.4 is 0 Å². The summed E-state index contributed by atoms with van der Waals surface area (Å²) >= 11 is 1.64. The van der Waals surface area contributed by atoms with Crippen LogP contribution in [0.1, 0.15) is 30.8 Å². The van der Waals surface area contributed by atoms with Crippen LogP contribution >= 0.6 is 11.8 Å². The zero-order valence-electron chi connectivity index (χ0n) is 11.8. The molecule has 110 valence electrons. The standard InChI is InChI=1S/C14H21N3O2S/c1-16(13(18)14(19)5-7-20-10-14)8-11-9-17-6-3-2-4-12(17)15-11/h9,19H,2-8,10H2,1H3. The van der Waals surface area contributed by atoms with Crippen molar-refractivity contribution in [2.75, 3.05) is 18.6 Å². The lowest BCUT2D eigenvalue weighted by atomic mass is 10.0. The van der Waals surface area contributed by atoms with Crippen molar-refractivity contribution in [1.82, 2.24) is 14.5 Å². The van der Waals surface area contributed by atoms with Gasteiger partial charge in [-0.3, -0.25) is 4.79 Å². The molecule has 1 saturated heterocycles. The van der Waals surface area contributed by atoms with Crippen LogP contribution in [0.2, 0.25) is 0 Å². The molecule has 1 amide bonds. The number of thioether (sulfide) groups is 1. The van der Waals surface area contributed by atoms with E-state index in [1.54, 1.807) is 23.7 Å². The molecule has 2 aliphatic heterocycles. The Morgan fingerprint density at radius 3 is 3.15 bits per heavy atom. The third-order valence-electron chi connectivity index (χ3n) is 4.10. The monoisotopic (exact) mass is 295 g/mol. The summed E-state index contributed by atoms with van der Waals surface area (Å²) in [7, 11) is 1.75. The largest absolute Gasteiger partial charge is 0.379 e. The quantitative estimate of drug-likeness (QED) is 0.905. The minimum Gasteiger partial charge on any atom is -0.379 e. The first kappa shape index (κ1) is 13.9. The van der Waals surface area contributed by atoms with E-state index >= 15 is 0 Å². The van der Waals surface area contributed by atoms with E-state index in [9.17, 15) is 9.90 Å². The van der Waals surface area contributed by atoms with Crippen molar-refractivity contribution in [3.8, 4) is 0 Å². The maximum absolute atomic E-state index is 12.3. The van der Waals surface area contributed by atoms with Crippen molar-refractivity contribution < 1.29 is 9.90 Å². The normalized spacial score (nSPS) is 25.5. The lowest BCUT2D eigenvalue weighted by molar-refractivity contribution is -0.147. The van der Waals surface area contributed by atoms with Crippen molar-refractivity contribution in [3.63, 3.8) is 0 Å². The van der Waals surface area contributed by atoms with Gasteiger partial charge in [0.2, 0.25) is 0 Å². The van der Waals surface area contributed by atoms with E-state index in [0.717, 1.165) is 30.2 Å². The number of likely N-dealkylation sites (N-methyl/N-ethyl adjacent to an activating group) is 1. The molecule has 0 radical (unpaired) electrons. The Morgan fingerprint density at radius 1 is 1.60 bits per heavy atom. The van der Waals surface area contributed by atoms with Gasteiger partial charge in [-0.1, -0.05) is 0 Å². The molecule has 1 N–H and O–H groups in total. The fourth-order valence-corrected chi connectivity index (χ4v) is 4.17. The van der Waals surface area contributed by atoms with Crippen molar-refractivity contribution in [2.45, 2.75) is 44.4 Å². The SMILES string of the molecule is CN(Cc1cn2c(n1)CCCC2)C(=O)C1(O)CCSC1. The van der Waals surface area contributed by atoms with Gasteiger partial charge in [0.25, 0.3) is 5.91 Å². The van der Waals surface area contributed by atoms with Crippen LogP contribution in [0.15, 0.2) is 6.20 Å². The van der Waals surface area contributed by atoms with Gasteiger partial charge in [-0.2, -0.15) is 11.8 Å². The topological polar surface area (TPSA) is 58.4 Å². The second kappa shape index (κ2) is 5.41. The molecule has 6 heteroatoms. The smallest absolute Gasteiger partial charge is 0.255 e. The predicted octanol–water partition coefficient (Wildman–Crippen LogP) is 1.05. The molecular formula is C14H21N3O2S. The summed E-state index contributed by atoms with van der Waals surface area (Å²) in [5, 5.41) is 10.3. The lowest BCUT2D eigenvalue weighted by Crippen LogP contribution is -2.47. The average molecular weight is 295 g/mol. The Morgan fingerprint density at radius 2 is 2.45 bits per heavy atom. The highest BCUT2D eigenvalue weighted by Crippen LogP contribution is 2.29. The van der Waals surface area contributed by atoms with Crippen LogP contribution in [0.4, 0.5) is 0 Å². The number of nitrogens with zero attached hydrogens (tertiary/aromatic N) is 3. The second-order valence-corrected chi connectivity index (χ2v) is 6.90. The van der Waals surface area contributed by atoms with Gasteiger partial charge in [0.05, 0.1) is 12.2 Å². The maximum Gasteiger partial charge on any atom is 0.255 e. The maximum atomic E-state index is 12.3. The molecule has 0 aromatic carbocycles. The van der Waals surface area contributed by atoms with Gasteiger partial charge in [0.15, 0.2) is 5.60 Å². The Hall–Kier alpha value is -1.01. The first-order valence-corrected chi connectivity index (χ1v) is 8.34. The van der Waals surface area contributed by atoms with E-state index in [-0.39, 0.29) is 5.91 Å². The lowest BCUT2D eigenvalue weighted by Gasteiger charge is -2.26. The Balaban J connectivity index is 1.67. The fraction of sp³-hybridized carbons (Fsp3) is 0.714. The van der Waals surface area contributed by atoms with Crippen molar-refractivity contribution in [2.24, 2.45) is 0 Å². The molecule has 0 spiro atoms. The van der Waals surface area contributed by atoms with Crippen molar-refractivity contribution in [1.29, 1.82) is 0 Å². The van der Waals surface area contributed by atoms with Crippen molar-refractivity contribution >= 4 is 17.7 Å². The molecule has 0 saturated carbocycles. The average Bonchev–Trinajstić information content (AvgIpc) is 3.04. The highest BCUT2D eigenvalue weighted by Gasteiger charge is 2.41. The predicted molar refractivity (Wildman–Crippen MR) is 78.5 cm³/mol. The minimum absolute atomic E-state index is 0.173. The zero-order valence-corrected chi connectivity index (χ0v) is 12.7. The fourth-order valence-electron chi connectivity index (χ4n) is 2.94. The van der Waals surface area contributed by atoms with E-state index < -0.39 is 5.60 Å². The molecule has 1 aromatic rings. The number of hydrogen-bond donors (Lipinski definition) is 1. The van der Waals surface area contributed by atoms with Gasteiger partial charge in [-0.05, 0) is 25.0 Å². The molecule has 0 bridgehead atoms. The molecule has 20 heavy (non-hydrogen) atoms. The molecule has 1 atom stereocenters. The molecule has 0 aliphatic carbocycles. The molecular weight excluding hydrogens is 274 g/mol. The summed E-state index contributed by atoms with van der Waals surface area (Å²) < 4.78 is 2.19. The van der Waals surface area contributed by atoms with Crippen LogP contribution in [-0.4, -0.2) is 49.6 Å². The minimum atomic E-state index is -1.17. The van der Waals surface area contributed by atoms with Crippen LogP contribution in [-0.2, 0) is 24.3 Å². The molecule has 2 aliphatic rings. The number of rotatable bonds is 3. The molecule has 3 rings (SSSR count). The van der Waals surface area contributed by atoms with Gasteiger partial charge < -0.3 is 14.6 Å². The third kappa shape index (κ3) is 2.59. The number of carbonyl (C=O) groups is 1. The Kier molecular flexibility index (Phi) is 3.77. The van der Waals surface area contributed by atoms with E-state index in [1.165, 1.54) is 12.8 Å². The number of fused-ring (bicyclic) bond motifs is 1. The number of aryl methyl sites for hydroxylation is 2. The van der Waals surface area contributed by atoms with Gasteiger partial charge >= 0.3 is 0 Å². The van der Waals surface area contributed by atoms with Gasteiger partial charge in [-0.25, -0.2) is 4.98 Å². The number of hydrogen-bond acceptors (Lipinski definition) is 4. The summed E-state index contributed by atoms with van der Waals surface area (Å²) in [6.07, 6.45) is 6.03. The molecule has 5 nitrogen and oxygen atoms in total. The molecule has 3 heterocycles. The number of imidazole rings is 1. The summed E-state index contributed by atoms with van der Waals surface area (Å²) in [6.45, 7) is 1.51. The van der Waals surface area contributed by atoms with Crippen LogP contribution in [0.5, 0.6) is 0 Å². The Labute approximate surface area is 123 Å². The summed E-state index contributed by atoms with van der Waals surface area (Å²) in [4.78, 5) is 18.6. The first-order valence-electron chi connectivity index (χ1n) is 7.19. The second-order valence-electron chi connectivity index (χ2n) is 5.79. The Bertz CT molecular complexity index is 485. The van der Waals surface area contributed by atoms with Crippen LogP contribution in [0.3, 0.4) is 0 Å². The van der Waals surface area contributed by atoms with Gasteiger partial charge in [-0.15, -0.1) is 0 Å². The van der Waals surface area contributed by atoms with E-state index in [2.05, 4.69) is 9.55 Å². The van der Waals surface area contributed by atoms with Crippen LogP contribution in [0, 0.1) is 0 Å². The number of amides is 1.